The van der Waals surface area contributed by atoms with Gasteiger partial charge in [0, 0.05) is 18.5 Å². The van der Waals surface area contributed by atoms with Gasteiger partial charge in [0.2, 0.25) is 5.82 Å². The van der Waals surface area contributed by atoms with Gasteiger partial charge in [0.15, 0.2) is 0 Å². The van der Waals surface area contributed by atoms with Gasteiger partial charge in [-0.25, -0.2) is 4.98 Å². The first-order valence-electron chi connectivity index (χ1n) is 6.74. The number of aromatic nitrogens is 3. The molecule has 0 saturated carbocycles. The maximum atomic E-state index is 12.4. The normalized spacial score (nSPS) is 20.1. The van der Waals surface area contributed by atoms with Crippen molar-refractivity contribution in [1.82, 2.24) is 20.1 Å². The van der Waals surface area contributed by atoms with E-state index in [-0.39, 0.29) is 11.8 Å². The maximum Gasteiger partial charge on any atom is 0.293 e. The summed E-state index contributed by atoms with van der Waals surface area (Å²) in [5, 5.41) is 6.89. The Hall–Kier alpha value is -1.39. The van der Waals surface area contributed by atoms with Crippen LogP contribution < -0.4 is 0 Å². The zero-order chi connectivity index (χ0) is 13.3. The lowest BCUT2D eigenvalue weighted by Crippen LogP contribution is -2.39. The Bertz CT molecular complexity index is 424. The number of hydrogen-bond donors (Lipinski definition) is 1. The molecule has 1 aliphatic heterocycles. The molecule has 2 heterocycles. The molecule has 1 unspecified atom stereocenters. The number of carbonyl (C=O) groups is 1. The van der Waals surface area contributed by atoms with Crippen molar-refractivity contribution in [1.29, 1.82) is 0 Å². The first-order chi connectivity index (χ1) is 8.50. The average molecular weight is 250 g/mol. The number of aromatic amines is 1. The van der Waals surface area contributed by atoms with Crippen molar-refractivity contribution in [2.24, 2.45) is 5.92 Å². The first kappa shape index (κ1) is 13.1. The van der Waals surface area contributed by atoms with Crippen LogP contribution in [-0.4, -0.2) is 38.6 Å². The molecule has 0 radical (unpaired) electrons. The fourth-order valence-electron chi connectivity index (χ4n) is 2.49. The van der Waals surface area contributed by atoms with Gasteiger partial charge >= 0.3 is 0 Å². The molecular formula is C13H22N4O. The van der Waals surface area contributed by atoms with Gasteiger partial charge in [-0.1, -0.05) is 27.7 Å². The largest absolute Gasteiger partial charge is 0.333 e. The molecule has 1 saturated heterocycles. The molecule has 1 atom stereocenters. The second-order valence-electron chi connectivity index (χ2n) is 5.65. The second kappa shape index (κ2) is 5.08. The molecule has 1 N–H and O–H groups in total. The Morgan fingerprint density at radius 1 is 1.39 bits per heavy atom. The summed E-state index contributed by atoms with van der Waals surface area (Å²) in [6, 6.07) is 0.332. The lowest BCUT2D eigenvalue weighted by molar-refractivity contribution is 0.0689. The highest BCUT2D eigenvalue weighted by Gasteiger charge is 2.33. The van der Waals surface area contributed by atoms with Crippen LogP contribution in [0.15, 0.2) is 0 Å². The molecule has 1 aromatic heterocycles. The van der Waals surface area contributed by atoms with Crippen molar-refractivity contribution >= 4 is 5.91 Å². The van der Waals surface area contributed by atoms with Crippen molar-refractivity contribution in [2.45, 2.75) is 52.5 Å². The van der Waals surface area contributed by atoms with Gasteiger partial charge in [0.1, 0.15) is 5.82 Å². The molecule has 100 valence electrons. The molecule has 5 heteroatoms. The van der Waals surface area contributed by atoms with E-state index in [2.05, 4.69) is 29.0 Å². The van der Waals surface area contributed by atoms with E-state index in [1.807, 2.05) is 18.7 Å². The Balaban J connectivity index is 2.15. The van der Waals surface area contributed by atoms with E-state index in [9.17, 15) is 4.79 Å². The minimum atomic E-state index is -0.0330. The number of hydrogen-bond acceptors (Lipinski definition) is 3. The maximum absolute atomic E-state index is 12.4. The van der Waals surface area contributed by atoms with E-state index < -0.39 is 0 Å². The van der Waals surface area contributed by atoms with Crippen LogP contribution in [0.1, 0.15) is 62.9 Å². The minimum Gasteiger partial charge on any atom is -0.333 e. The predicted octanol–water partition coefficient (Wildman–Crippen LogP) is 2.19. The van der Waals surface area contributed by atoms with Gasteiger partial charge in [-0.05, 0) is 18.8 Å². The minimum absolute atomic E-state index is 0.0330. The Morgan fingerprint density at radius 3 is 2.67 bits per heavy atom. The summed E-state index contributed by atoms with van der Waals surface area (Å²) in [6.07, 6.45) is 2.17. The number of H-pyrrole nitrogens is 1. The molecule has 0 spiro atoms. The summed E-state index contributed by atoms with van der Waals surface area (Å²) >= 11 is 0. The number of amides is 1. The highest BCUT2D eigenvalue weighted by Crippen LogP contribution is 2.25. The fourth-order valence-corrected chi connectivity index (χ4v) is 2.49. The van der Waals surface area contributed by atoms with Crippen molar-refractivity contribution in [3.63, 3.8) is 0 Å². The van der Waals surface area contributed by atoms with Crippen molar-refractivity contribution < 1.29 is 4.79 Å². The van der Waals surface area contributed by atoms with E-state index in [0.717, 1.165) is 25.2 Å². The smallest absolute Gasteiger partial charge is 0.293 e. The fraction of sp³-hybridized carbons (Fsp3) is 0.769. The van der Waals surface area contributed by atoms with Crippen molar-refractivity contribution in [3.05, 3.63) is 11.6 Å². The lowest BCUT2D eigenvalue weighted by atomic mass is 10.0. The number of likely N-dealkylation sites (tertiary alicyclic amines) is 1. The number of nitrogens with zero attached hydrogens (tertiary/aromatic N) is 3. The topological polar surface area (TPSA) is 61.9 Å². The molecule has 0 aliphatic carbocycles. The van der Waals surface area contributed by atoms with E-state index in [1.54, 1.807) is 0 Å². The van der Waals surface area contributed by atoms with E-state index in [0.29, 0.717) is 17.8 Å². The summed E-state index contributed by atoms with van der Waals surface area (Å²) in [5.74, 6) is 1.80. The SMILES string of the molecule is CC(C)c1nc(C(=O)N2CCCC2C(C)C)n[nH]1. The summed E-state index contributed by atoms with van der Waals surface area (Å²) in [7, 11) is 0. The Labute approximate surface area is 108 Å². The summed E-state index contributed by atoms with van der Waals surface area (Å²) in [6.45, 7) is 9.21. The molecule has 1 aromatic rings. The quantitative estimate of drug-likeness (QED) is 0.894. The average Bonchev–Trinajstić information content (AvgIpc) is 2.97. The second-order valence-corrected chi connectivity index (χ2v) is 5.65. The van der Waals surface area contributed by atoms with Gasteiger partial charge in [-0.3, -0.25) is 9.89 Å². The number of carbonyl (C=O) groups excluding carboxylic acids is 1. The highest BCUT2D eigenvalue weighted by molar-refractivity contribution is 5.90. The van der Waals surface area contributed by atoms with Crippen LogP contribution in [0.25, 0.3) is 0 Å². The van der Waals surface area contributed by atoms with Crippen LogP contribution in [0, 0.1) is 5.92 Å². The molecule has 1 fully saturated rings. The monoisotopic (exact) mass is 250 g/mol. The van der Waals surface area contributed by atoms with E-state index in [4.69, 9.17) is 0 Å². The predicted molar refractivity (Wildman–Crippen MR) is 69.4 cm³/mol. The van der Waals surface area contributed by atoms with Gasteiger partial charge in [0.25, 0.3) is 5.91 Å². The third-order valence-electron chi connectivity index (χ3n) is 3.57. The van der Waals surface area contributed by atoms with Crippen LogP contribution in [0.5, 0.6) is 0 Å². The van der Waals surface area contributed by atoms with Crippen molar-refractivity contribution in [3.8, 4) is 0 Å². The van der Waals surface area contributed by atoms with E-state index >= 15 is 0 Å². The third-order valence-corrected chi connectivity index (χ3v) is 3.57. The molecule has 18 heavy (non-hydrogen) atoms. The van der Waals surface area contributed by atoms with Gasteiger partial charge in [0.05, 0.1) is 0 Å². The lowest BCUT2D eigenvalue weighted by Gasteiger charge is -2.26. The molecule has 0 bridgehead atoms. The van der Waals surface area contributed by atoms with Crippen LogP contribution in [0.3, 0.4) is 0 Å². The molecule has 1 amide bonds. The van der Waals surface area contributed by atoms with Crippen molar-refractivity contribution in [2.75, 3.05) is 6.54 Å². The zero-order valence-electron chi connectivity index (χ0n) is 11.6. The Kier molecular flexibility index (Phi) is 3.68. The molecule has 1 aliphatic rings. The van der Waals surface area contributed by atoms with E-state index in [1.165, 1.54) is 0 Å². The van der Waals surface area contributed by atoms with Gasteiger partial charge in [-0.15, -0.1) is 5.10 Å². The van der Waals surface area contributed by atoms with Crippen LogP contribution in [0.2, 0.25) is 0 Å². The van der Waals surface area contributed by atoms with Crippen LogP contribution >= 0.6 is 0 Å². The number of rotatable bonds is 3. The standard InChI is InChI=1S/C13H22N4O/c1-8(2)10-6-5-7-17(10)13(18)12-14-11(9(3)4)15-16-12/h8-10H,5-7H2,1-4H3,(H,14,15,16). The van der Waals surface area contributed by atoms with Crippen LogP contribution in [-0.2, 0) is 0 Å². The molecule has 0 aromatic carbocycles. The molecule has 2 rings (SSSR count). The first-order valence-corrected chi connectivity index (χ1v) is 6.74. The van der Waals surface area contributed by atoms with Crippen LogP contribution in [0.4, 0.5) is 0 Å². The van der Waals surface area contributed by atoms with Gasteiger partial charge in [-0.2, -0.15) is 0 Å². The zero-order valence-corrected chi connectivity index (χ0v) is 11.6. The summed E-state index contributed by atoms with van der Waals surface area (Å²) in [5.41, 5.74) is 0. The molecular weight excluding hydrogens is 228 g/mol. The Morgan fingerprint density at radius 2 is 2.11 bits per heavy atom. The van der Waals surface area contributed by atoms with Gasteiger partial charge < -0.3 is 4.90 Å². The highest BCUT2D eigenvalue weighted by atomic mass is 16.2. The number of nitrogens with one attached hydrogen (secondary N) is 1. The summed E-state index contributed by atoms with van der Waals surface area (Å²) in [4.78, 5) is 18.6. The third kappa shape index (κ3) is 2.40. The summed E-state index contributed by atoms with van der Waals surface area (Å²) < 4.78 is 0. The molecule has 5 nitrogen and oxygen atoms in total.